The maximum atomic E-state index is 14.4. The average molecular weight is 384 g/mol. The molecular formula is C20H12ClF2N3O. The van der Waals surface area contributed by atoms with Crippen LogP contribution in [0.2, 0.25) is 5.02 Å². The van der Waals surface area contributed by atoms with Crippen molar-refractivity contribution in [2.45, 2.75) is 0 Å². The predicted molar refractivity (Wildman–Crippen MR) is 99.9 cm³/mol. The molecule has 1 heterocycles. The highest BCUT2D eigenvalue weighted by molar-refractivity contribution is 6.31. The number of nitrogens with zero attached hydrogens (tertiary/aromatic N) is 2. The van der Waals surface area contributed by atoms with Gasteiger partial charge < -0.3 is 5.73 Å². The Kier molecular flexibility index (Phi) is 4.12. The standard InChI is InChI=1S/C20H12ClF2N3O/c21-14-5-6-15(22)18(19(14)23)11-2-1-3-13(8-11)26-10-25-16-9-12(20(24)27)4-7-17(16)26/h1-10H,(H2,24,27). The zero-order valence-electron chi connectivity index (χ0n) is 13.8. The molecule has 134 valence electrons. The van der Waals surface area contributed by atoms with Gasteiger partial charge in [0.2, 0.25) is 5.91 Å². The van der Waals surface area contributed by atoms with Crippen LogP contribution < -0.4 is 5.73 Å². The zero-order valence-corrected chi connectivity index (χ0v) is 14.5. The highest BCUT2D eigenvalue weighted by atomic mass is 35.5. The second kappa shape index (κ2) is 6.48. The molecule has 1 aromatic heterocycles. The van der Waals surface area contributed by atoms with Crippen LogP contribution in [0.3, 0.4) is 0 Å². The van der Waals surface area contributed by atoms with E-state index in [0.29, 0.717) is 22.3 Å². The highest BCUT2D eigenvalue weighted by Gasteiger charge is 2.16. The van der Waals surface area contributed by atoms with Crippen molar-refractivity contribution in [1.82, 2.24) is 9.55 Å². The summed E-state index contributed by atoms with van der Waals surface area (Å²) in [4.78, 5) is 15.6. The van der Waals surface area contributed by atoms with E-state index >= 15 is 0 Å². The van der Waals surface area contributed by atoms with Crippen molar-refractivity contribution in [2.75, 3.05) is 0 Å². The number of halogens is 3. The number of amides is 1. The molecular weight excluding hydrogens is 372 g/mol. The first kappa shape index (κ1) is 17.2. The number of fused-ring (bicyclic) bond motifs is 1. The Morgan fingerprint density at radius 2 is 1.89 bits per heavy atom. The third-order valence-corrected chi connectivity index (χ3v) is 4.58. The van der Waals surface area contributed by atoms with Crippen molar-refractivity contribution in [3.05, 3.63) is 83.1 Å². The lowest BCUT2D eigenvalue weighted by molar-refractivity contribution is 0.100. The summed E-state index contributed by atoms with van der Waals surface area (Å²) in [6, 6.07) is 13.9. The topological polar surface area (TPSA) is 60.9 Å². The van der Waals surface area contributed by atoms with Gasteiger partial charge in [0.25, 0.3) is 0 Å². The Morgan fingerprint density at radius 1 is 1.07 bits per heavy atom. The van der Waals surface area contributed by atoms with E-state index < -0.39 is 17.5 Å². The van der Waals surface area contributed by atoms with Crippen LogP contribution in [0.25, 0.3) is 27.8 Å². The van der Waals surface area contributed by atoms with Crippen LogP contribution in [0.5, 0.6) is 0 Å². The second-order valence-corrected chi connectivity index (χ2v) is 6.36. The fourth-order valence-electron chi connectivity index (χ4n) is 2.97. The monoisotopic (exact) mass is 383 g/mol. The first-order valence-corrected chi connectivity index (χ1v) is 8.35. The Hall–Kier alpha value is -3.25. The lowest BCUT2D eigenvalue weighted by atomic mass is 10.0. The number of nitrogens with two attached hydrogens (primary N) is 1. The van der Waals surface area contributed by atoms with E-state index in [-0.39, 0.29) is 10.6 Å². The third kappa shape index (κ3) is 2.94. The van der Waals surface area contributed by atoms with Gasteiger partial charge in [-0.3, -0.25) is 9.36 Å². The van der Waals surface area contributed by atoms with Crippen molar-refractivity contribution < 1.29 is 13.6 Å². The number of primary amides is 1. The second-order valence-electron chi connectivity index (χ2n) is 5.95. The van der Waals surface area contributed by atoms with Gasteiger partial charge in [-0.25, -0.2) is 13.8 Å². The van der Waals surface area contributed by atoms with Gasteiger partial charge in [0, 0.05) is 11.3 Å². The van der Waals surface area contributed by atoms with E-state index in [1.807, 2.05) is 0 Å². The van der Waals surface area contributed by atoms with Crippen LogP contribution in [0.1, 0.15) is 10.4 Å². The molecule has 0 unspecified atom stereocenters. The van der Waals surface area contributed by atoms with E-state index in [1.165, 1.54) is 6.07 Å². The molecule has 2 N–H and O–H groups in total. The molecule has 1 amide bonds. The van der Waals surface area contributed by atoms with Crippen LogP contribution >= 0.6 is 11.6 Å². The average Bonchev–Trinajstić information content (AvgIpc) is 3.08. The van der Waals surface area contributed by atoms with Gasteiger partial charge in [-0.15, -0.1) is 0 Å². The van der Waals surface area contributed by atoms with Crippen LogP contribution in [0.4, 0.5) is 8.78 Å². The Bertz CT molecular complexity index is 1200. The first-order chi connectivity index (χ1) is 13.0. The molecule has 4 aromatic rings. The van der Waals surface area contributed by atoms with E-state index in [9.17, 15) is 13.6 Å². The highest BCUT2D eigenvalue weighted by Crippen LogP contribution is 2.32. The van der Waals surface area contributed by atoms with Crippen molar-refractivity contribution in [2.24, 2.45) is 5.73 Å². The van der Waals surface area contributed by atoms with Crippen LogP contribution in [-0.4, -0.2) is 15.5 Å². The number of aromatic nitrogens is 2. The van der Waals surface area contributed by atoms with Gasteiger partial charge >= 0.3 is 0 Å². The molecule has 0 radical (unpaired) electrons. The molecule has 4 rings (SSSR count). The van der Waals surface area contributed by atoms with Crippen LogP contribution in [0.15, 0.2) is 60.9 Å². The number of carbonyl (C=O) groups excluding carboxylic acids is 1. The van der Waals surface area contributed by atoms with Crippen LogP contribution in [-0.2, 0) is 0 Å². The van der Waals surface area contributed by atoms with Gasteiger partial charge in [0.05, 0.1) is 21.6 Å². The molecule has 0 saturated carbocycles. The molecule has 0 spiro atoms. The Balaban J connectivity index is 1.86. The summed E-state index contributed by atoms with van der Waals surface area (Å²) in [6.45, 7) is 0. The van der Waals surface area contributed by atoms with Crippen LogP contribution in [0, 0.1) is 11.6 Å². The molecule has 3 aromatic carbocycles. The smallest absolute Gasteiger partial charge is 0.248 e. The molecule has 0 bridgehead atoms. The van der Waals surface area contributed by atoms with Gasteiger partial charge in [0.15, 0.2) is 5.82 Å². The minimum Gasteiger partial charge on any atom is -0.366 e. The summed E-state index contributed by atoms with van der Waals surface area (Å²) in [7, 11) is 0. The number of carbonyl (C=O) groups is 1. The maximum Gasteiger partial charge on any atom is 0.248 e. The third-order valence-electron chi connectivity index (χ3n) is 4.29. The predicted octanol–water partition coefficient (Wildman–Crippen LogP) is 4.72. The van der Waals surface area contributed by atoms with Crippen molar-refractivity contribution in [1.29, 1.82) is 0 Å². The summed E-state index contributed by atoms with van der Waals surface area (Å²) >= 11 is 5.80. The van der Waals surface area contributed by atoms with E-state index in [4.69, 9.17) is 17.3 Å². The van der Waals surface area contributed by atoms with Gasteiger partial charge in [0.1, 0.15) is 12.1 Å². The number of hydrogen-bond donors (Lipinski definition) is 1. The number of imidazole rings is 1. The van der Waals surface area contributed by atoms with E-state index in [0.717, 1.165) is 11.6 Å². The van der Waals surface area contributed by atoms with Crippen molar-refractivity contribution in [3.63, 3.8) is 0 Å². The number of rotatable bonds is 3. The Labute approximate surface area is 157 Å². The van der Waals surface area contributed by atoms with Gasteiger partial charge in [-0.1, -0.05) is 23.7 Å². The normalized spacial score (nSPS) is 11.1. The number of benzene rings is 3. The molecule has 0 atom stereocenters. The van der Waals surface area contributed by atoms with Gasteiger partial charge in [-0.05, 0) is 48.0 Å². The summed E-state index contributed by atoms with van der Waals surface area (Å²) in [6.07, 6.45) is 1.57. The van der Waals surface area contributed by atoms with Crippen molar-refractivity contribution in [3.8, 4) is 16.8 Å². The largest absolute Gasteiger partial charge is 0.366 e. The summed E-state index contributed by atoms with van der Waals surface area (Å²) in [5.74, 6) is -2.05. The summed E-state index contributed by atoms with van der Waals surface area (Å²) in [5.41, 5.74) is 7.76. The molecule has 4 nitrogen and oxygen atoms in total. The minimum atomic E-state index is -0.810. The fraction of sp³-hybridized carbons (Fsp3) is 0. The fourth-order valence-corrected chi connectivity index (χ4v) is 3.13. The zero-order chi connectivity index (χ0) is 19.1. The van der Waals surface area contributed by atoms with Crippen molar-refractivity contribution >= 4 is 28.5 Å². The quantitative estimate of drug-likeness (QED) is 0.520. The van der Waals surface area contributed by atoms with Gasteiger partial charge in [-0.2, -0.15) is 0 Å². The van der Waals surface area contributed by atoms with E-state index in [1.54, 1.807) is 53.4 Å². The van der Waals surface area contributed by atoms with E-state index in [2.05, 4.69) is 4.98 Å². The summed E-state index contributed by atoms with van der Waals surface area (Å²) < 4.78 is 30.3. The molecule has 0 fully saturated rings. The SMILES string of the molecule is NC(=O)c1ccc2c(c1)ncn2-c1cccc(-c2c(F)ccc(Cl)c2F)c1. The first-order valence-electron chi connectivity index (χ1n) is 7.97. The molecule has 7 heteroatoms. The maximum absolute atomic E-state index is 14.4. The molecule has 0 aliphatic carbocycles. The summed E-state index contributed by atoms with van der Waals surface area (Å²) in [5, 5.41) is -0.149. The lowest BCUT2D eigenvalue weighted by Gasteiger charge is -2.10. The Morgan fingerprint density at radius 3 is 2.67 bits per heavy atom. The number of hydrogen-bond acceptors (Lipinski definition) is 2. The molecule has 0 aliphatic heterocycles. The minimum absolute atomic E-state index is 0.149. The lowest BCUT2D eigenvalue weighted by Crippen LogP contribution is -2.10. The molecule has 27 heavy (non-hydrogen) atoms. The molecule has 0 aliphatic rings. The molecule has 0 saturated heterocycles.